The van der Waals surface area contributed by atoms with E-state index in [-0.39, 0.29) is 12.1 Å². The Morgan fingerprint density at radius 1 is 1.54 bits per heavy atom. The number of urea groups is 1. The van der Waals surface area contributed by atoms with Crippen LogP contribution in [-0.4, -0.2) is 43.7 Å². The monoisotopic (exact) mass is 185 g/mol. The number of hydrogen-bond donors (Lipinski definition) is 2. The second kappa shape index (κ2) is 4.46. The summed E-state index contributed by atoms with van der Waals surface area (Å²) in [4.78, 5) is 12.9. The normalized spacial score (nSPS) is 28.2. The smallest absolute Gasteiger partial charge is 0.317 e. The van der Waals surface area contributed by atoms with Gasteiger partial charge in [-0.3, -0.25) is 0 Å². The molecule has 2 amide bonds. The number of rotatable bonds is 1. The van der Waals surface area contributed by atoms with Crippen LogP contribution in [0.3, 0.4) is 0 Å². The summed E-state index contributed by atoms with van der Waals surface area (Å²) in [5.74, 6) is 0. The Bertz CT molecular complexity index is 182. The van der Waals surface area contributed by atoms with Gasteiger partial charge >= 0.3 is 6.03 Å². The van der Waals surface area contributed by atoms with Crippen molar-refractivity contribution in [2.24, 2.45) is 0 Å². The van der Waals surface area contributed by atoms with Gasteiger partial charge in [0.15, 0.2) is 0 Å². The van der Waals surface area contributed by atoms with Crippen LogP contribution in [0.5, 0.6) is 0 Å². The van der Waals surface area contributed by atoms with E-state index < -0.39 is 0 Å². The fraction of sp³-hybridized carbons (Fsp3) is 0.889. The minimum atomic E-state index is 0.000509. The first-order chi connectivity index (χ1) is 6.11. The number of hydrogen-bond acceptors (Lipinski definition) is 2. The molecule has 0 spiro atoms. The number of nitrogens with one attached hydrogen (secondary N) is 2. The van der Waals surface area contributed by atoms with Gasteiger partial charge in [-0.25, -0.2) is 4.79 Å². The average Bonchev–Trinajstić information content (AvgIpc) is 2.08. The molecule has 0 aromatic rings. The minimum absolute atomic E-state index is 0.000509. The Balaban J connectivity index is 2.38. The van der Waals surface area contributed by atoms with Crippen molar-refractivity contribution in [3.63, 3.8) is 0 Å². The molecule has 0 aliphatic carbocycles. The average molecular weight is 185 g/mol. The molecular formula is C9H19N3O. The maximum atomic E-state index is 11.3. The molecule has 76 valence electrons. The van der Waals surface area contributed by atoms with Crippen LogP contribution in [0.15, 0.2) is 0 Å². The summed E-state index contributed by atoms with van der Waals surface area (Å²) in [5, 5.41) is 6.34. The van der Waals surface area contributed by atoms with Gasteiger partial charge in [-0.2, -0.15) is 0 Å². The number of piperidine rings is 1. The Morgan fingerprint density at radius 3 is 2.77 bits per heavy atom. The summed E-state index contributed by atoms with van der Waals surface area (Å²) in [5.41, 5.74) is 0. The van der Waals surface area contributed by atoms with E-state index in [0.29, 0.717) is 6.04 Å². The highest BCUT2D eigenvalue weighted by Gasteiger charge is 2.22. The van der Waals surface area contributed by atoms with Crippen molar-refractivity contribution in [2.45, 2.75) is 31.8 Å². The molecule has 4 heteroatoms. The van der Waals surface area contributed by atoms with Crippen molar-refractivity contribution in [1.29, 1.82) is 0 Å². The molecule has 1 fully saturated rings. The first-order valence-electron chi connectivity index (χ1n) is 4.82. The lowest BCUT2D eigenvalue weighted by molar-refractivity contribution is 0.205. The quantitative estimate of drug-likeness (QED) is 0.621. The third-order valence-corrected chi connectivity index (χ3v) is 2.48. The van der Waals surface area contributed by atoms with Crippen molar-refractivity contribution in [1.82, 2.24) is 15.5 Å². The lowest BCUT2D eigenvalue weighted by Gasteiger charge is -2.31. The topological polar surface area (TPSA) is 44.4 Å². The SMILES string of the molecule is CC1NCCCC1NC(=O)N(C)C. The molecule has 1 rings (SSSR count). The molecule has 1 saturated heterocycles. The number of carbonyl (C=O) groups excluding carboxylic acids is 1. The zero-order valence-corrected chi connectivity index (χ0v) is 8.63. The molecule has 2 unspecified atom stereocenters. The van der Waals surface area contributed by atoms with Crippen LogP contribution in [0.1, 0.15) is 19.8 Å². The van der Waals surface area contributed by atoms with E-state index in [2.05, 4.69) is 17.6 Å². The summed E-state index contributed by atoms with van der Waals surface area (Å²) in [6, 6.07) is 0.668. The fourth-order valence-corrected chi connectivity index (χ4v) is 1.53. The highest BCUT2D eigenvalue weighted by Crippen LogP contribution is 2.08. The third kappa shape index (κ3) is 2.88. The summed E-state index contributed by atoms with van der Waals surface area (Å²) >= 11 is 0. The number of carbonyl (C=O) groups is 1. The highest BCUT2D eigenvalue weighted by molar-refractivity contribution is 5.73. The van der Waals surface area contributed by atoms with E-state index in [9.17, 15) is 4.79 Å². The standard InChI is InChI=1S/C9H19N3O/c1-7-8(5-4-6-10-7)11-9(13)12(2)3/h7-8,10H,4-6H2,1-3H3,(H,11,13). The first-order valence-corrected chi connectivity index (χ1v) is 4.82. The Kier molecular flexibility index (Phi) is 3.54. The molecule has 1 aliphatic heterocycles. The summed E-state index contributed by atoms with van der Waals surface area (Å²) < 4.78 is 0. The summed E-state index contributed by atoms with van der Waals surface area (Å²) in [6.07, 6.45) is 2.22. The van der Waals surface area contributed by atoms with Crippen LogP contribution >= 0.6 is 0 Å². The zero-order chi connectivity index (χ0) is 9.84. The predicted octanol–water partition coefficient (Wildman–Crippen LogP) is 0.398. The lowest BCUT2D eigenvalue weighted by Crippen LogP contribution is -2.53. The lowest BCUT2D eigenvalue weighted by atomic mass is 10.0. The molecule has 2 N–H and O–H groups in total. The molecule has 0 saturated carbocycles. The molecule has 0 radical (unpaired) electrons. The van der Waals surface area contributed by atoms with Crippen LogP contribution in [-0.2, 0) is 0 Å². The van der Waals surface area contributed by atoms with E-state index in [1.165, 1.54) is 0 Å². The van der Waals surface area contributed by atoms with Crippen LogP contribution in [0.4, 0.5) is 4.79 Å². The highest BCUT2D eigenvalue weighted by atomic mass is 16.2. The van der Waals surface area contributed by atoms with Gasteiger partial charge in [0.05, 0.1) is 0 Å². The van der Waals surface area contributed by atoms with E-state index >= 15 is 0 Å². The molecule has 4 nitrogen and oxygen atoms in total. The van der Waals surface area contributed by atoms with Crippen LogP contribution in [0, 0.1) is 0 Å². The first kappa shape index (κ1) is 10.3. The van der Waals surface area contributed by atoms with Gasteiger partial charge in [-0.15, -0.1) is 0 Å². The molecule has 0 aromatic heterocycles. The van der Waals surface area contributed by atoms with Gasteiger partial charge < -0.3 is 15.5 Å². The molecule has 0 aromatic carbocycles. The van der Waals surface area contributed by atoms with Gasteiger partial charge in [0, 0.05) is 26.2 Å². The molecule has 2 atom stereocenters. The maximum Gasteiger partial charge on any atom is 0.317 e. The van der Waals surface area contributed by atoms with Gasteiger partial charge in [-0.1, -0.05) is 0 Å². The zero-order valence-electron chi connectivity index (χ0n) is 8.63. The molecule has 1 heterocycles. The second-order valence-electron chi connectivity index (χ2n) is 3.84. The van der Waals surface area contributed by atoms with E-state index in [1.54, 1.807) is 19.0 Å². The molecule has 13 heavy (non-hydrogen) atoms. The van der Waals surface area contributed by atoms with Crippen molar-refractivity contribution < 1.29 is 4.79 Å². The van der Waals surface area contributed by atoms with Crippen molar-refractivity contribution in [3.8, 4) is 0 Å². The summed E-state index contributed by atoms with van der Waals surface area (Å²) in [7, 11) is 3.52. The van der Waals surface area contributed by atoms with Gasteiger partial charge in [-0.05, 0) is 26.3 Å². The van der Waals surface area contributed by atoms with Crippen LogP contribution in [0.2, 0.25) is 0 Å². The Hall–Kier alpha value is -0.770. The van der Waals surface area contributed by atoms with E-state index in [0.717, 1.165) is 19.4 Å². The molecular weight excluding hydrogens is 166 g/mol. The van der Waals surface area contributed by atoms with E-state index in [4.69, 9.17) is 0 Å². The maximum absolute atomic E-state index is 11.3. The van der Waals surface area contributed by atoms with Crippen molar-refractivity contribution >= 4 is 6.03 Å². The van der Waals surface area contributed by atoms with Crippen LogP contribution < -0.4 is 10.6 Å². The minimum Gasteiger partial charge on any atom is -0.334 e. The molecule has 1 aliphatic rings. The molecule has 0 bridgehead atoms. The predicted molar refractivity (Wildman–Crippen MR) is 52.7 cm³/mol. The fourth-order valence-electron chi connectivity index (χ4n) is 1.53. The van der Waals surface area contributed by atoms with Gasteiger partial charge in [0.2, 0.25) is 0 Å². The second-order valence-corrected chi connectivity index (χ2v) is 3.84. The number of amides is 2. The largest absolute Gasteiger partial charge is 0.334 e. The van der Waals surface area contributed by atoms with Gasteiger partial charge in [0.25, 0.3) is 0 Å². The van der Waals surface area contributed by atoms with Crippen molar-refractivity contribution in [2.75, 3.05) is 20.6 Å². The Morgan fingerprint density at radius 2 is 2.23 bits per heavy atom. The van der Waals surface area contributed by atoms with Crippen molar-refractivity contribution in [3.05, 3.63) is 0 Å². The third-order valence-electron chi connectivity index (χ3n) is 2.48. The summed E-state index contributed by atoms with van der Waals surface area (Å²) in [6.45, 7) is 3.18. The van der Waals surface area contributed by atoms with Crippen LogP contribution in [0.25, 0.3) is 0 Å². The van der Waals surface area contributed by atoms with E-state index in [1.807, 2.05) is 0 Å². The Labute approximate surface area is 79.7 Å². The van der Waals surface area contributed by atoms with Gasteiger partial charge in [0.1, 0.15) is 0 Å². The number of nitrogens with zero attached hydrogens (tertiary/aromatic N) is 1.